The van der Waals surface area contributed by atoms with Gasteiger partial charge in [0.25, 0.3) is 0 Å². The Labute approximate surface area is 278 Å². The summed E-state index contributed by atoms with van der Waals surface area (Å²) >= 11 is 0. The molecule has 1 atom stereocenters. The van der Waals surface area contributed by atoms with Gasteiger partial charge < -0.3 is 9.84 Å². The van der Waals surface area contributed by atoms with Crippen LogP contribution >= 0.6 is 0 Å². The fourth-order valence-electron chi connectivity index (χ4n) is 5.20. The number of aliphatic carboxylic acids is 1. The first kappa shape index (κ1) is 42.6. The van der Waals surface area contributed by atoms with E-state index >= 15 is 0 Å². The molecule has 0 aromatic carbocycles. The molecule has 0 spiro atoms. The van der Waals surface area contributed by atoms with Crippen LogP contribution in [0.15, 0.2) is 60.8 Å². The lowest BCUT2D eigenvalue weighted by molar-refractivity contribution is -0.147. The number of unbranched alkanes of at least 4 members (excludes halogenated alkanes) is 16. The van der Waals surface area contributed by atoms with Gasteiger partial charge in [-0.2, -0.15) is 0 Å². The van der Waals surface area contributed by atoms with Crippen molar-refractivity contribution in [2.24, 2.45) is 0 Å². The number of esters is 1. The van der Waals surface area contributed by atoms with Crippen LogP contribution in [0.5, 0.6) is 0 Å². The highest BCUT2D eigenvalue weighted by Crippen LogP contribution is 2.15. The fraction of sp³-hybridized carbons (Fsp3) is 0.707. The fourth-order valence-corrected chi connectivity index (χ4v) is 5.20. The molecule has 4 heteroatoms. The number of hydrogen-bond acceptors (Lipinski definition) is 3. The minimum atomic E-state index is -0.706. The molecular weight excluding hydrogens is 556 g/mol. The van der Waals surface area contributed by atoms with E-state index in [4.69, 9.17) is 9.84 Å². The SMILES string of the molecule is CC/C=C\C/C=C\C/C=C\CCCCCCCCCC(=O)OC(/C=C\C/C=C\CCCCCC)CCCCCCCCC(=O)O. The van der Waals surface area contributed by atoms with Gasteiger partial charge in [-0.15, -0.1) is 0 Å². The zero-order chi connectivity index (χ0) is 32.9. The normalized spacial score (nSPS) is 12.9. The number of rotatable bonds is 33. The van der Waals surface area contributed by atoms with Gasteiger partial charge in [-0.05, 0) is 83.1 Å². The van der Waals surface area contributed by atoms with Crippen molar-refractivity contribution >= 4 is 11.9 Å². The highest BCUT2D eigenvalue weighted by Gasteiger charge is 2.11. The summed E-state index contributed by atoms with van der Waals surface area (Å²) in [5, 5.41) is 8.77. The molecule has 0 rings (SSSR count). The van der Waals surface area contributed by atoms with E-state index in [1.54, 1.807) is 0 Å². The van der Waals surface area contributed by atoms with Gasteiger partial charge in [0.1, 0.15) is 6.10 Å². The van der Waals surface area contributed by atoms with Crippen LogP contribution in [0.1, 0.15) is 181 Å². The van der Waals surface area contributed by atoms with Crippen molar-refractivity contribution in [3.05, 3.63) is 60.8 Å². The maximum atomic E-state index is 12.6. The Hall–Kier alpha value is -2.36. The molecule has 1 unspecified atom stereocenters. The minimum absolute atomic E-state index is 0.0659. The summed E-state index contributed by atoms with van der Waals surface area (Å²) in [6.07, 6.45) is 49.6. The quantitative estimate of drug-likeness (QED) is 0.0447. The highest BCUT2D eigenvalue weighted by molar-refractivity contribution is 5.69. The van der Waals surface area contributed by atoms with E-state index in [2.05, 4.69) is 74.6 Å². The Morgan fingerprint density at radius 3 is 1.58 bits per heavy atom. The molecule has 1 N–H and O–H groups in total. The standard InChI is InChI=1S/C41H70O4/c1-3-5-7-9-11-13-14-15-16-17-18-19-20-22-24-30-34-38-41(44)45-39(35-31-27-23-21-12-10-8-6-4-2)36-32-28-25-26-29-33-37-40(42)43/h5,7,11,13,15-16,21,23,31,35,39H,3-4,6,8-10,12,14,17-20,22,24-30,32-34,36-38H2,1-2H3,(H,42,43)/b7-5-,13-11-,16-15-,23-21-,35-31-. The minimum Gasteiger partial charge on any atom is -0.481 e. The molecule has 0 aromatic rings. The van der Waals surface area contributed by atoms with Crippen molar-refractivity contribution in [3.8, 4) is 0 Å². The Kier molecular flexibility index (Phi) is 34.2. The third-order valence-electron chi connectivity index (χ3n) is 7.96. The molecule has 0 saturated heterocycles. The van der Waals surface area contributed by atoms with Gasteiger partial charge in [0.15, 0.2) is 0 Å². The predicted molar refractivity (Wildman–Crippen MR) is 195 cm³/mol. The first-order valence-corrected chi connectivity index (χ1v) is 18.8. The van der Waals surface area contributed by atoms with Crippen molar-refractivity contribution in [2.45, 2.75) is 187 Å². The van der Waals surface area contributed by atoms with Gasteiger partial charge in [-0.1, -0.05) is 146 Å². The second-order valence-electron chi connectivity index (χ2n) is 12.4. The van der Waals surface area contributed by atoms with E-state index in [9.17, 15) is 9.59 Å². The van der Waals surface area contributed by atoms with Crippen molar-refractivity contribution in [2.75, 3.05) is 0 Å². The van der Waals surface area contributed by atoms with Crippen molar-refractivity contribution < 1.29 is 19.4 Å². The Bertz CT molecular complexity index is 804. The average molecular weight is 627 g/mol. The third kappa shape index (κ3) is 36.0. The second-order valence-corrected chi connectivity index (χ2v) is 12.4. The van der Waals surface area contributed by atoms with Crippen LogP contribution in [0.25, 0.3) is 0 Å². The molecule has 4 nitrogen and oxygen atoms in total. The van der Waals surface area contributed by atoms with Crippen LogP contribution in [-0.2, 0) is 14.3 Å². The molecule has 0 aliphatic carbocycles. The van der Waals surface area contributed by atoms with Crippen LogP contribution in [0, 0.1) is 0 Å². The molecule has 0 radical (unpaired) electrons. The molecule has 0 bridgehead atoms. The van der Waals surface area contributed by atoms with E-state index in [0.29, 0.717) is 6.42 Å². The van der Waals surface area contributed by atoms with Gasteiger partial charge in [0.2, 0.25) is 0 Å². The first-order valence-electron chi connectivity index (χ1n) is 18.8. The zero-order valence-corrected chi connectivity index (χ0v) is 29.4. The Morgan fingerprint density at radius 1 is 0.533 bits per heavy atom. The number of carbonyl (C=O) groups excluding carboxylic acids is 1. The molecule has 0 aliphatic rings. The lowest BCUT2D eigenvalue weighted by Crippen LogP contribution is -2.16. The number of carboxylic acid groups (broad SMARTS) is 1. The second kappa shape index (κ2) is 36.1. The molecule has 258 valence electrons. The summed E-state index contributed by atoms with van der Waals surface area (Å²) in [6, 6.07) is 0. The summed E-state index contributed by atoms with van der Waals surface area (Å²) in [7, 11) is 0. The maximum Gasteiger partial charge on any atom is 0.306 e. The summed E-state index contributed by atoms with van der Waals surface area (Å²) in [4.78, 5) is 23.3. The predicted octanol–water partition coefficient (Wildman–Crippen LogP) is 12.9. The summed E-state index contributed by atoms with van der Waals surface area (Å²) in [5.74, 6) is -0.772. The van der Waals surface area contributed by atoms with Gasteiger partial charge in [0.05, 0.1) is 0 Å². The maximum absolute atomic E-state index is 12.6. The first-order chi connectivity index (χ1) is 22.1. The molecular formula is C41H70O4. The average Bonchev–Trinajstić information content (AvgIpc) is 3.02. The lowest BCUT2D eigenvalue weighted by Gasteiger charge is -2.14. The number of ether oxygens (including phenoxy) is 1. The molecule has 0 aromatic heterocycles. The van der Waals surface area contributed by atoms with Crippen molar-refractivity contribution in [1.82, 2.24) is 0 Å². The number of allylic oxidation sites excluding steroid dienone is 9. The van der Waals surface area contributed by atoms with Crippen molar-refractivity contribution in [1.29, 1.82) is 0 Å². The van der Waals surface area contributed by atoms with Crippen LogP contribution in [0.3, 0.4) is 0 Å². The van der Waals surface area contributed by atoms with Crippen LogP contribution < -0.4 is 0 Å². The summed E-state index contributed by atoms with van der Waals surface area (Å²) in [5.41, 5.74) is 0. The Balaban J connectivity index is 4.12. The van der Waals surface area contributed by atoms with Gasteiger partial charge in [-0.25, -0.2) is 0 Å². The van der Waals surface area contributed by atoms with Crippen LogP contribution in [-0.4, -0.2) is 23.1 Å². The molecule has 0 aliphatic heterocycles. The molecule has 0 heterocycles. The van der Waals surface area contributed by atoms with E-state index in [0.717, 1.165) is 89.9 Å². The number of hydrogen-bond donors (Lipinski definition) is 1. The van der Waals surface area contributed by atoms with E-state index in [-0.39, 0.29) is 18.5 Å². The highest BCUT2D eigenvalue weighted by atomic mass is 16.5. The zero-order valence-electron chi connectivity index (χ0n) is 29.4. The number of carbonyl (C=O) groups is 2. The topological polar surface area (TPSA) is 63.6 Å². The van der Waals surface area contributed by atoms with Gasteiger partial charge in [0, 0.05) is 12.8 Å². The van der Waals surface area contributed by atoms with E-state index in [1.807, 2.05) is 0 Å². The molecule has 0 fully saturated rings. The van der Waals surface area contributed by atoms with Gasteiger partial charge in [-0.3, -0.25) is 9.59 Å². The van der Waals surface area contributed by atoms with Crippen LogP contribution in [0.4, 0.5) is 0 Å². The monoisotopic (exact) mass is 627 g/mol. The number of carboxylic acids is 1. The lowest BCUT2D eigenvalue weighted by atomic mass is 10.1. The van der Waals surface area contributed by atoms with Gasteiger partial charge >= 0.3 is 11.9 Å². The summed E-state index contributed by atoms with van der Waals surface area (Å²) in [6.45, 7) is 4.40. The molecule has 45 heavy (non-hydrogen) atoms. The third-order valence-corrected chi connectivity index (χ3v) is 7.96. The molecule has 0 saturated carbocycles. The smallest absolute Gasteiger partial charge is 0.306 e. The Morgan fingerprint density at radius 2 is 1.00 bits per heavy atom. The summed E-state index contributed by atoms with van der Waals surface area (Å²) < 4.78 is 5.89. The van der Waals surface area contributed by atoms with Crippen LogP contribution in [0.2, 0.25) is 0 Å². The van der Waals surface area contributed by atoms with E-state index in [1.165, 1.54) is 64.2 Å². The van der Waals surface area contributed by atoms with Crippen molar-refractivity contribution in [3.63, 3.8) is 0 Å². The van der Waals surface area contributed by atoms with E-state index < -0.39 is 5.97 Å². The molecule has 0 amide bonds. The largest absolute Gasteiger partial charge is 0.481 e.